The second kappa shape index (κ2) is 17.6. The number of rotatable bonds is 17. The van der Waals surface area contributed by atoms with Gasteiger partial charge in [-0.05, 0) is 86.9 Å². The minimum absolute atomic E-state index is 0.0190. The topological polar surface area (TPSA) is 126 Å². The highest BCUT2D eigenvalue weighted by molar-refractivity contribution is 8.17. The Morgan fingerprint density at radius 1 is 1.00 bits per heavy atom. The summed E-state index contributed by atoms with van der Waals surface area (Å²) in [7, 11) is 1.47. The van der Waals surface area contributed by atoms with E-state index in [1.54, 1.807) is 15.5 Å². The summed E-state index contributed by atoms with van der Waals surface area (Å²) in [6.07, 6.45) is 4.02. The third kappa shape index (κ3) is 8.55. The number of likely N-dealkylation sites (tertiary alicyclic amines) is 1. The molecule has 0 bridgehead atoms. The monoisotopic (exact) mass is 720 g/mol. The lowest BCUT2D eigenvalue weighted by molar-refractivity contribution is -0.385. The molecule has 3 aromatic carbocycles. The molecular weight excluding hydrogens is 677 g/mol. The highest BCUT2D eigenvalue weighted by atomic mass is 32.2. The SMILES string of the molecule is CCSC(SCC)[C@@H]1CCCN1C(=O)c1cc(OC)c(OCCCCCOc2ccc(-n3c(C)nc4ccccc4c3=O)cc2)cc1[N+](=O)[O-]. The van der Waals surface area contributed by atoms with Gasteiger partial charge in [0, 0.05) is 12.6 Å². The average molecular weight is 721 g/mol. The maximum Gasteiger partial charge on any atom is 0.286 e. The van der Waals surface area contributed by atoms with Crippen molar-refractivity contribution in [3.63, 3.8) is 0 Å². The van der Waals surface area contributed by atoms with E-state index < -0.39 is 4.92 Å². The van der Waals surface area contributed by atoms with E-state index in [1.807, 2.05) is 72.9 Å². The van der Waals surface area contributed by atoms with Crippen LogP contribution in [0, 0.1) is 17.0 Å². The molecule has 1 amide bonds. The molecule has 1 fully saturated rings. The van der Waals surface area contributed by atoms with Crippen molar-refractivity contribution in [2.24, 2.45) is 0 Å². The Kier molecular flexibility index (Phi) is 13.1. The minimum Gasteiger partial charge on any atom is -0.494 e. The van der Waals surface area contributed by atoms with E-state index in [9.17, 15) is 19.7 Å². The number of nitrogens with zero attached hydrogens (tertiary/aromatic N) is 4. The molecular formula is C37H44N4O7S2. The number of carbonyl (C=O) groups excluding carboxylic acids is 1. The Morgan fingerprint density at radius 2 is 1.70 bits per heavy atom. The second-order valence-electron chi connectivity index (χ2n) is 11.8. The van der Waals surface area contributed by atoms with E-state index in [1.165, 1.54) is 19.2 Å². The molecule has 50 heavy (non-hydrogen) atoms. The number of aromatic nitrogens is 2. The number of nitro groups is 1. The Hall–Kier alpha value is -4.23. The number of para-hydroxylation sites is 1. The number of ether oxygens (including phenoxy) is 3. The van der Waals surface area contributed by atoms with Gasteiger partial charge >= 0.3 is 0 Å². The second-order valence-corrected chi connectivity index (χ2v) is 15.0. The summed E-state index contributed by atoms with van der Waals surface area (Å²) in [6, 6.07) is 17.5. The summed E-state index contributed by atoms with van der Waals surface area (Å²) in [5.41, 5.74) is 1.02. The van der Waals surface area contributed by atoms with Crippen LogP contribution in [-0.4, -0.2) is 74.3 Å². The number of hydrogen-bond acceptors (Lipinski definition) is 10. The van der Waals surface area contributed by atoms with Crippen LogP contribution in [0.4, 0.5) is 5.69 Å². The third-order valence-electron chi connectivity index (χ3n) is 8.60. The molecule has 1 saturated heterocycles. The fourth-order valence-electron chi connectivity index (χ4n) is 6.22. The molecule has 0 N–H and O–H groups in total. The van der Waals surface area contributed by atoms with E-state index >= 15 is 0 Å². The van der Waals surface area contributed by atoms with Crippen LogP contribution in [0.5, 0.6) is 17.2 Å². The van der Waals surface area contributed by atoms with Gasteiger partial charge in [0.05, 0.1) is 58.5 Å². The van der Waals surface area contributed by atoms with Crippen molar-refractivity contribution in [3.8, 4) is 22.9 Å². The maximum atomic E-state index is 13.8. The maximum absolute atomic E-state index is 13.8. The van der Waals surface area contributed by atoms with Crippen LogP contribution < -0.4 is 19.8 Å². The van der Waals surface area contributed by atoms with Crippen LogP contribution in [-0.2, 0) is 0 Å². The van der Waals surface area contributed by atoms with Crippen LogP contribution in [0.1, 0.15) is 62.1 Å². The first-order chi connectivity index (χ1) is 24.3. The van der Waals surface area contributed by atoms with Gasteiger partial charge in [-0.2, -0.15) is 0 Å². The minimum atomic E-state index is -0.522. The number of unbranched alkanes of at least 4 members (excludes halogenated alkanes) is 2. The van der Waals surface area contributed by atoms with Gasteiger partial charge in [0.2, 0.25) is 0 Å². The van der Waals surface area contributed by atoms with E-state index in [0.717, 1.165) is 37.2 Å². The highest BCUT2D eigenvalue weighted by Crippen LogP contribution is 2.39. The number of amides is 1. The van der Waals surface area contributed by atoms with Gasteiger partial charge in [-0.25, -0.2) is 4.98 Å². The smallest absolute Gasteiger partial charge is 0.286 e. The summed E-state index contributed by atoms with van der Waals surface area (Å²) in [5, 5.41) is 12.7. The summed E-state index contributed by atoms with van der Waals surface area (Å²) in [5.74, 6) is 3.37. The number of methoxy groups -OCH3 is 1. The van der Waals surface area contributed by atoms with Crippen LogP contribution in [0.3, 0.4) is 0 Å². The van der Waals surface area contributed by atoms with Gasteiger partial charge in [-0.3, -0.25) is 24.3 Å². The number of carbonyl (C=O) groups is 1. The van der Waals surface area contributed by atoms with Crippen LogP contribution in [0.15, 0.2) is 65.5 Å². The Balaban J connectivity index is 1.14. The highest BCUT2D eigenvalue weighted by Gasteiger charge is 2.38. The summed E-state index contributed by atoms with van der Waals surface area (Å²) in [6.45, 7) is 7.42. The average Bonchev–Trinajstić information content (AvgIpc) is 3.61. The third-order valence-corrected chi connectivity index (χ3v) is 11.4. The largest absolute Gasteiger partial charge is 0.494 e. The molecule has 0 unspecified atom stereocenters. The van der Waals surface area contributed by atoms with Crippen molar-refractivity contribution in [1.29, 1.82) is 0 Å². The molecule has 2 heterocycles. The molecule has 1 aliphatic heterocycles. The molecule has 4 aromatic rings. The zero-order valence-electron chi connectivity index (χ0n) is 29.0. The van der Waals surface area contributed by atoms with Crippen LogP contribution in [0.2, 0.25) is 0 Å². The van der Waals surface area contributed by atoms with Crippen molar-refractivity contribution in [3.05, 3.63) is 92.5 Å². The molecule has 5 rings (SSSR count). The van der Waals surface area contributed by atoms with Gasteiger partial charge in [-0.1, -0.05) is 26.0 Å². The van der Waals surface area contributed by atoms with E-state index in [-0.39, 0.29) is 39.1 Å². The van der Waals surface area contributed by atoms with Crippen LogP contribution in [0.25, 0.3) is 16.6 Å². The molecule has 0 saturated carbocycles. The molecule has 266 valence electrons. The number of thioether (sulfide) groups is 2. The summed E-state index contributed by atoms with van der Waals surface area (Å²) < 4.78 is 19.2. The molecule has 1 aromatic heterocycles. The van der Waals surface area contributed by atoms with Crippen molar-refractivity contribution in [1.82, 2.24) is 14.5 Å². The first-order valence-electron chi connectivity index (χ1n) is 17.0. The number of hydrogen-bond donors (Lipinski definition) is 0. The Labute approximate surface area is 300 Å². The summed E-state index contributed by atoms with van der Waals surface area (Å²) >= 11 is 3.64. The number of nitro benzene ring substituents is 1. The van der Waals surface area contributed by atoms with Crippen LogP contribution >= 0.6 is 23.5 Å². The van der Waals surface area contributed by atoms with Gasteiger partial charge in [0.25, 0.3) is 17.2 Å². The van der Waals surface area contributed by atoms with E-state index in [4.69, 9.17) is 14.2 Å². The lowest BCUT2D eigenvalue weighted by Gasteiger charge is -2.31. The molecule has 0 radical (unpaired) electrons. The molecule has 13 heteroatoms. The fourth-order valence-corrected chi connectivity index (χ4v) is 9.09. The Bertz CT molecular complexity index is 1840. The molecule has 0 spiro atoms. The van der Waals surface area contributed by atoms with E-state index in [0.29, 0.717) is 60.1 Å². The standard InChI is InChI=1S/C37H44N4O7S2/c1-5-49-37(50-6-2)31-15-12-20-39(31)35(42)29-23-33(46-4)34(24-32(29)41(44)45)48-22-11-7-10-21-47-27-18-16-26(17-19-27)40-25(3)38-30-14-9-8-13-28(30)36(40)43/h8-9,13-14,16-19,23-24,31,37H,5-7,10-12,15,20-22H2,1-4H3/t31-/m0/s1. The zero-order valence-corrected chi connectivity index (χ0v) is 30.6. The molecule has 0 aliphatic carbocycles. The number of benzene rings is 3. The van der Waals surface area contributed by atoms with Gasteiger partial charge in [-0.15, -0.1) is 23.5 Å². The normalized spacial score (nSPS) is 14.3. The lowest BCUT2D eigenvalue weighted by atomic mass is 10.1. The first-order valence-corrected chi connectivity index (χ1v) is 19.1. The summed E-state index contributed by atoms with van der Waals surface area (Å²) in [4.78, 5) is 44.9. The van der Waals surface area contributed by atoms with Gasteiger partial charge in [0.15, 0.2) is 11.5 Å². The van der Waals surface area contributed by atoms with Crippen molar-refractivity contribution in [2.75, 3.05) is 38.4 Å². The first kappa shape index (κ1) is 37.0. The van der Waals surface area contributed by atoms with Gasteiger partial charge in [0.1, 0.15) is 17.1 Å². The fraction of sp³-hybridized carbons (Fsp3) is 0.432. The Morgan fingerprint density at radius 3 is 2.38 bits per heavy atom. The molecule has 1 aliphatic rings. The van der Waals surface area contributed by atoms with E-state index in [2.05, 4.69) is 18.8 Å². The quantitative estimate of drug-likeness (QED) is 0.0464. The van der Waals surface area contributed by atoms with Crippen molar-refractivity contribution < 1.29 is 23.9 Å². The zero-order chi connectivity index (χ0) is 35.6. The predicted molar refractivity (Wildman–Crippen MR) is 201 cm³/mol. The van der Waals surface area contributed by atoms with Gasteiger partial charge < -0.3 is 19.1 Å². The predicted octanol–water partition coefficient (Wildman–Crippen LogP) is 7.68. The molecule has 11 nitrogen and oxygen atoms in total. The number of fused-ring (bicyclic) bond motifs is 1. The van der Waals surface area contributed by atoms with Crippen molar-refractivity contribution in [2.45, 2.75) is 63.5 Å². The lowest BCUT2D eigenvalue weighted by Crippen LogP contribution is -2.41. The number of aryl methyl sites for hydroxylation is 1. The molecule has 1 atom stereocenters. The van der Waals surface area contributed by atoms with Crippen molar-refractivity contribution >= 4 is 46.0 Å².